The van der Waals surface area contributed by atoms with Crippen molar-refractivity contribution in [2.45, 2.75) is 12.6 Å². The van der Waals surface area contributed by atoms with Crippen LogP contribution >= 0.6 is 0 Å². The van der Waals surface area contributed by atoms with Crippen LogP contribution < -0.4 is 10.6 Å². The number of rotatable bonds is 4. The summed E-state index contributed by atoms with van der Waals surface area (Å²) in [7, 11) is 1.43. The van der Waals surface area contributed by atoms with E-state index in [1.54, 1.807) is 0 Å². The number of nitrogens with two attached hydrogens (primary N) is 1. The molecule has 18 heavy (non-hydrogen) atoms. The van der Waals surface area contributed by atoms with Gasteiger partial charge < -0.3 is 15.8 Å². The third kappa shape index (κ3) is 4.07. The summed E-state index contributed by atoms with van der Waals surface area (Å²) in [6, 6.07) is 1.39. The molecule has 0 spiro atoms. The molecule has 0 bridgehead atoms. The third-order valence-corrected chi connectivity index (χ3v) is 2.09. The molecule has 1 aromatic heterocycles. The van der Waals surface area contributed by atoms with E-state index in [0.29, 0.717) is 0 Å². The summed E-state index contributed by atoms with van der Waals surface area (Å²) in [4.78, 5) is 8.93. The molecule has 9 heteroatoms. The highest BCUT2D eigenvalue weighted by Gasteiger charge is 2.27. The largest absolute Gasteiger partial charge is 0.409 e. The minimum absolute atomic E-state index is 0.0725. The molecule has 1 rings (SSSR count). The minimum atomic E-state index is -4.24. The average Bonchev–Trinajstić information content (AvgIpc) is 2.34. The Morgan fingerprint density at radius 3 is 2.78 bits per heavy atom. The van der Waals surface area contributed by atoms with Crippen LogP contribution in [0.3, 0.4) is 0 Å². The van der Waals surface area contributed by atoms with E-state index in [0.717, 1.165) is 0 Å². The van der Waals surface area contributed by atoms with Crippen molar-refractivity contribution < 1.29 is 18.4 Å². The predicted octanol–water partition coefficient (Wildman–Crippen LogP) is 0.960. The lowest BCUT2D eigenvalue weighted by Gasteiger charge is -2.18. The lowest BCUT2D eigenvalue weighted by molar-refractivity contribution is -0.132. The molecule has 3 N–H and O–H groups in total. The van der Waals surface area contributed by atoms with Gasteiger partial charge in [-0.3, -0.25) is 0 Å². The Bertz CT molecular complexity index is 434. The lowest BCUT2D eigenvalue weighted by Crippen LogP contribution is -2.26. The van der Waals surface area contributed by atoms with E-state index in [-0.39, 0.29) is 24.0 Å². The zero-order valence-corrected chi connectivity index (χ0v) is 9.52. The molecule has 1 aromatic rings. The highest BCUT2D eigenvalue weighted by Crippen LogP contribution is 2.20. The van der Waals surface area contributed by atoms with E-state index < -0.39 is 12.6 Å². The number of anilines is 1. The van der Waals surface area contributed by atoms with Gasteiger partial charge in [0, 0.05) is 19.8 Å². The molecule has 0 saturated carbocycles. The Morgan fingerprint density at radius 1 is 1.56 bits per heavy atom. The Labute approximate surface area is 101 Å². The van der Waals surface area contributed by atoms with Crippen molar-refractivity contribution in [3.63, 3.8) is 0 Å². The zero-order chi connectivity index (χ0) is 13.8. The smallest absolute Gasteiger partial charge is 0.390 e. The second-order valence-electron chi connectivity index (χ2n) is 3.51. The topological polar surface area (TPSA) is 87.6 Å². The van der Waals surface area contributed by atoms with Gasteiger partial charge in [-0.1, -0.05) is 5.16 Å². The highest BCUT2D eigenvalue weighted by molar-refractivity contribution is 5.95. The van der Waals surface area contributed by atoms with Crippen LogP contribution in [0.15, 0.2) is 17.4 Å². The number of nitrogens with zero attached hydrogens (tertiary/aromatic N) is 4. The fourth-order valence-electron chi connectivity index (χ4n) is 1.12. The Morgan fingerprint density at radius 2 is 2.22 bits per heavy atom. The molecule has 0 unspecified atom stereocenters. The standard InChI is InChI=1S/C9H12F3N5O/c1-17(5-3-9(10,11)12)8-14-4-2-6(15-8)7(13)16-18/h2,4,18H,3,5H2,1H3,(H2,13,16). The highest BCUT2D eigenvalue weighted by atomic mass is 19.4. The van der Waals surface area contributed by atoms with E-state index in [1.165, 1.54) is 24.2 Å². The van der Waals surface area contributed by atoms with Crippen LogP contribution in [0.4, 0.5) is 19.1 Å². The predicted molar refractivity (Wildman–Crippen MR) is 58.5 cm³/mol. The van der Waals surface area contributed by atoms with Gasteiger partial charge in [0.1, 0.15) is 5.69 Å². The van der Waals surface area contributed by atoms with Gasteiger partial charge in [-0.2, -0.15) is 13.2 Å². The van der Waals surface area contributed by atoms with Crippen molar-refractivity contribution >= 4 is 11.8 Å². The van der Waals surface area contributed by atoms with Gasteiger partial charge in [-0.25, -0.2) is 9.97 Å². The van der Waals surface area contributed by atoms with E-state index in [1.807, 2.05) is 0 Å². The van der Waals surface area contributed by atoms with Crippen molar-refractivity contribution in [3.8, 4) is 0 Å². The Hall–Kier alpha value is -2.06. The second-order valence-corrected chi connectivity index (χ2v) is 3.51. The van der Waals surface area contributed by atoms with E-state index >= 15 is 0 Å². The fraction of sp³-hybridized carbons (Fsp3) is 0.444. The van der Waals surface area contributed by atoms with Crippen LogP contribution in [0.2, 0.25) is 0 Å². The molecule has 0 atom stereocenters. The van der Waals surface area contributed by atoms with Gasteiger partial charge in [-0.05, 0) is 6.07 Å². The number of hydrogen-bond acceptors (Lipinski definition) is 5. The first-order valence-corrected chi connectivity index (χ1v) is 4.92. The molecule has 100 valence electrons. The first kappa shape index (κ1) is 14.0. The van der Waals surface area contributed by atoms with Crippen molar-refractivity contribution in [1.82, 2.24) is 9.97 Å². The maximum atomic E-state index is 12.1. The van der Waals surface area contributed by atoms with Gasteiger partial charge in [0.15, 0.2) is 5.84 Å². The van der Waals surface area contributed by atoms with Crippen LogP contribution in [0, 0.1) is 0 Å². The molecule has 0 aliphatic heterocycles. The number of hydrogen-bond donors (Lipinski definition) is 2. The van der Waals surface area contributed by atoms with Crippen molar-refractivity contribution in [3.05, 3.63) is 18.0 Å². The third-order valence-electron chi connectivity index (χ3n) is 2.09. The Kier molecular flexibility index (Phi) is 4.29. The van der Waals surface area contributed by atoms with Crippen LogP contribution in [0.25, 0.3) is 0 Å². The molecule has 0 fully saturated rings. The van der Waals surface area contributed by atoms with E-state index in [2.05, 4.69) is 15.1 Å². The molecule has 0 aliphatic carbocycles. The number of halogens is 3. The Balaban J connectivity index is 2.77. The summed E-state index contributed by atoms with van der Waals surface area (Å²) in [5.41, 5.74) is 5.46. The summed E-state index contributed by atoms with van der Waals surface area (Å²) in [6.45, 7) is -0.275. The fourth-order valence-corrected chi connectivity index (χ4v) is 1.12. The number of amidine groups is 1. The van der Waals surface area contributed by atoms with E-state index in [9.17, 15) is 13.2 Å². The van der Waals surface area contributed by atoms with Crippen LogP contribution in [-0.4, -0.2) is 40.8 Å². The summed E-state index contributed by atoms with van der Waals surface area (Å²) in [5.74, 6) is -0.161. The van der Waals surface area contributed by atoms with Gasteiger partial charge in [0.2, 0.25) is 5.95 Å². The van der Waals surface area contributed by atoms with Gasteiger partial charge in [0.25, 0.3) is 0 Å². The monoisotopic (exact) mass is 263 g/mol. The summed E-state index contributed by atoms with van der Waals surface area (Å²) in [5, 5.41) is 11.2. The first-order chi connectivity index (χ1) is 8.33. The molecule has 0 aromatic carbocycles. The molecule has 1 heterocycles. The lowest BCUT2D eigenvalue weighted by atomic mass is 10.3. The second kappa shape index (κ2) is 5.52. The molecular weight excluding hydrogens is 251 g/mol. The van der Waals surface area contributed by atoms with Crippen LogP contribution in [0.5, 0.6) is 0 Å². The quantitative estimate of drug-likeness (QED) is 0.365. The first-order valence-electron chi connectivity index (χ1n) is 4.92. The summed E-state index contributed by atoms with van der Waals surface area (Å²) in [6.07, 6.45) is -3.89. The minimum Gasteiger partial charge on any atom is -0.409 e. The molecule has 0 aliphatic rings. The van der Waals surface area contributed by atoms with Crippen molar-refractivity contribution in [2.75, 3.05) is 18.5 Å². The normalized spacial score (nSPS) is 12.6. The van der Waals surface area contributed by atoms with Crippen LogP contribution in [0.1, 0.15) is 12.1 Å². The van der Waals surface area contributed by atoms with Gasteiger partial charge in [-0.15, -0.1) is 0 Å². The molecule has 6 nitrogen and oxygen atoms in total. The van der Waals surface area contributed by atoms with Crippen LogP contribution in [-0.2, 0) is 0 Å². The maximum absolute atomic E-state index is 12.1. The molecular formula is C9H12F3N5O. The maximum Gasteiger partial charge on any atom is 0.390 e. The zero-order valence-electron chi connectivity index (χ0n) is 9.52. The molecule has 0 saturated heterocycles. The summed E-state index contributed by atoms with van der Waals surface area (Å²) >= 11 is 0. The molecule has 0 radical (unpaired) electrons. The van der Waals surface area contributed by atoms with Crippen molar-refractivity contribution in [1.29, 1.82) is 0 Å². The summed E-state index contributed by atoms with van der Waals surface area (Å²) < 4.78 is 36.2. The van der Waals surface area contributed by atoms with E-state index in [4.69, 9.17) is 10.9 Å². The van der Waals surface area contributed by atoms with Gasteiger partial charge >= 0.3 is 6.18 Å². The number of alkyl halides is 3. The SMILES string of the molecule is CN(CCC(F)(F)F)c1nccc(/C(N)=N/O)n1. The number of aromatic nitrogens is 2. The number of oxime groups is 1. The van der Waals surface area contributed by atoms with Crippen molar-refractivity contribution in [2.24, 2.45) is 10.9 Å². The molecule has 0 amide bonds. The average molecular weight is 263 g/mol. The van der Waals surface area contributed by atoms with Gasteiger partial charge in [0.05, 0.1) is 6.42 Å².